The topological polar surface area (TPSA) is 42.8 Å². The first-order chi connectivity index (χ1) is 35.8. The number of aryl methyl sites for hydroxylation is 1. The molecule has 15 rings (SSSR count). The largest absolute Gasteiger partial charge is 0.457 e. The molecule has 338 valence electrons. The first kappa shape index (κ1) is 36.0. The van der Waals surface area contributed by atoms with Gasteiger partial charge in [-0.2, -0.15) is 0 Å². The summed E-state index contributed by atoms with van der Waals surface area (Å²) in [6.07, 6.45) is 1.55. The van der Waals surface area contributed by atoms with Crippen LogP contribution in [-0.4, -0.2) is 16.2 Å². The van der Waals surface area contributed by atoms with Crippen molar-refractivity contribution in [1.29, 1.82) is 0 Å². The second-order valence-electron chi connectivity index (χ2n) is 20.1. The summed E-state index contributed by atoms with van der Waals surface area (Å²) in [6.45, 7) is 10.5. The molecule has 5 aliphatic rings. The van der Waals surface area contributed by atoms with Gasteiger partial charge in [-0.15, -0.1) is 0 Å². The fraction of sp³-hybridized carbons (Fsp3) is 0.159. The maximum absolute atomic E-state index is 9.64. The van der Waals surface area contributed by atoms with Crippen LogP contribution in [0.5, 0.6) is 23.0 Å². The minimum atomic E-state index is -2.57. The Kier molecular flexibility index (Phi) is 8.36. The molecule has 6 heteroatoms. The van der Waals surface area contributed by atoms with E-state index in [1.165, 1.54) is 5.56 Å². The molecule has 0 atom stereocenters. The normalized spacial score (nSPS) is 14.7. The van der Waals surface area contributed by atoms with E-state index < -0.39 is 12.3 Å². The van der Waals surface area contributed by atoms with E-state index >= 15 is 0 Å². The zero-order valence-corrected chi connectivity index (χ0v) is 39.5. The second kappa shape index (κ2) is 16.0. The summed E-state index contributed by atoms with van der Waals surface area (Å²) in [4.78, 5) is 9.65. The van der Waals surface area contributed by atoms with Gasteiger partial charge in [-0.1, -0.05) is 120 Å². The van der Waals surface area contributed by atoms with Crippen LogP contribution in [0.4, 0.5) is 22.7 Å². The standard InChI is InChI=1S/C63H54N4O2/c1-40-32-60-64-38-55(40)43-22-27-48(28-23-43)68-47-25-20-42(21-26-47)53-35-45(63(5,6)7)34-52(41-14-9-8-10-15-41)61(53)66-39-65(57-18-11-12-19-58(57)66)46-16-13-17-49(36-46)69-50-29-30-51-54-33-44(62(2,3)4)24-31-56(54)67(60)59(51)37-50/h8-38H,39H2,1-7H3/i1D3,24D,31D,33D. The van der Waals surface area contributed by atoms with E-state index in [-0.39, 0.29) is 40.4 Å². The molecule has 6 nitrogen and oxygen atoms in total. The van der Waals surface area contributed by atoms with Gasteiger partial charge in [0.1, 0.15) is 35.5 Å². The Balaban J connectivity index is 1.10. The molecule has 0 radical (unpaired) electrons. The maximum Gasteiger partial charge on any atom is 0.137 e. The highest BCUT2D eigenvalue weighted by molar-refractivity contribution is 6.10. The first-order valence-corrected chi connectivity index (χ1v) is 23.5. The molecule has 69 heavy (non-hydrogen) atoms. The molecule has 12 bridgehead atoms. The van der Waals surface area contributed by atoms with Gasteiger partial charge in [0.05, 0.1) is 32.2 Å². The minimum absolute atomic E-state index is 0.0554. The Morgan fingerprint density at radius 2 is 1.13 bits per heavy atom. The van der Waals surface area contributed by atoms with Crippen LogP contribution >= 0.6 is 0 Å². The number of hydrogen-bond acceptors (Lipinski definition) is 5. The number of anilines is 4. The van der Waals surface area contributed by atoms with Crippen molar-refractivity contribution in [3.8, 4) is 62.2 Å². The van der Waals surface area contributed by atoms with E-state index in [1.807, 2.05) is 93.6 Å². The molecule has 8 aromatic carbocycles. The maximum atomic E-state index is 9.64. The summed E-state index contributed by atoms with van der Waals surface area (Å²) in [5.74, 6) is 2.51. The zero-order valence-electron chi connectivity index (χ0n) is 45.5. The SMILES string of the molecule is [2H]c1c(C(C)(C)C)c([2H])c2c3ccc4cc3n(c2c1[2H])-c1cc(C([2H])([2H])[2H])c(cn1)-c1ccc(cc1)Oc1ccc(cc1)-c1cc(C(C)(C)C)cc(-c2ccccc2)c1N1CN(c2cccc(c2)O4)c2ccccc21. The lowest BCUT2D eigenvalue weighted by molar-refractivity contribution is 0.482. The Morgan fingerprint density at radius 1 is 0.522 bits per heavy atom. The molecule has 2 aromatic heterocycles. The van der Waals surface area contributed by atoms with Crippen LogP contribution in [0.15, 0.2) is 188 Å². The summed E-state index contributed by atoms with van der Waals surface area (Å²) in [5.41, 5.74) is 11.2. The van der Waals surface area contributed by atoms with Crippen LogP contribution in [0.3, 0.4) is 0 Å². The molecule has 0 aliphatic carbocycles. The summed E-state index contributed by atoms with van der Waals surface area (Å²) >= 11 is 0. The van der Waals surface area contributed by atoms with Gasteiger partial charge in [0, 0.05) is 55.6 Å². The highest BCUT2D eigenvalue weighted by Gasteiger charge is 2.33. The Hall–Kier alpha value is -8.09. The fourth-order valence-corrected chi connectivity index (χ4v) is 9.70. The molecule has 0 fully saturated rings. The summed E-state index contributed by atoms with van der Waals surface area (Å²) in [6, 6.07) is 54.5. The molecule has 0 amide bonds. The van der Waals surface area contributed by atoms with Gasteiger partial charge in [0.25, 0.3) is 0 Å². The molecule has 7 heterocycles. The van der Waals surface area contributed by atoms with Crippen LogP contribution < -0.4 is 19.3 Å². The average Bonchev–Trinajstić information content (AvgIpc) is 3.98. The molecule has 0 saturated heterocycles. The quantitative estimate of drug-likeness (QED) is 0.164. The van der Waals surface area contributed by atoms with Crippen molar-refractivity contribution in [3.63, 3.8) is 0 Å². The number of aromatic nitrogens is 2. The van der Waals surface area contributed by atoms with E-state index in [0.717, 1.165) is 45.0 Å². The van der Waals surface area contributed by atoms with Crippen molar-refractivity contribution in [2.75, 3.05) is 16.5 Å². The van der Waals surface area contributed by atoms with Crippen molar-refractivity contribution in [2.24, 2.45) is 0 Å². The number of rotatable bonds is 1. The number of pyridine rings is 1. The van der Waals surface area contributed by atoms with Gasteiger partial charge in [0.15, 0.2) is 0 Å². The third kappa shape index (κ3) is 7.48. The summed E-state index contributed by atoms with van der Waals surface area (Å²) in [5, 5.41) is 1.12. The van der Waals surface area contributed by atoms with E-state index in [9.17, 15) is 4.11 Å². The number of para-hydroxylation sites is 2. The van der Waals surface area contributed by atoms with Crippen molar-refractivity contribution in [1.82, 2.24) is 9.55 Å². The molecule has 5 aliphatic heterocycles. The number of ether oxygens (including phenoxy) is 2. The number of benzene rings is 8. The van der Waals surface area contributed by atoms with Crippen LogP contribution in [-0.2, 0) is 10.8 Å². The van der Waals surface area contributed by atoms with E-state index in [4.69, 9.17) is 18.6 Å². The monoisotopic (exact) mass is 904 g/mol. The van der Waals surface area contributed by atoms with Gasteiger partial charge in [-0.25, -0.2) is 4.98 Å². The number of nitrogens with zero attached hydrogens (tertiary/aromatic N) is 4. The zero-order chi connectivity index (χ0) is 52.3. The third-order valence-corrected chi connectivity index (χ3v) is 13.4. The highest BCUT2D eigenvalue weighted by Crippen LogP contribution is 2.52. The molecule has 0 spiro atoms. The van der Waals surface area contributed by atoms with Crippen LogP contribution in [0.25, 0.3) is 61.0 Å². The van der Waals surface area contributed by atoms with Crippen molar-refractivity contribution in [3.05, 3.63) is 205 Å². The lowest BCUT2D eigenvalue weighted by atomic mass is 9.82. The van der Waals surface area contributed by atoms with Crippen molar-refractivity contribution >= 4 is 44.6 Å². The van der Waals surface area contributed by atoms with Crippen molar-refractivity contribution < 1.29 is 17.7 Å². The molecular weight excluding hydrogens is 845 g/mol. The molecule has 0 saturated carbocycles. The van der Waals surface area contributed by atoms with Gasteiger partial charge in [-0.05, 0) is 142 Å². The smallest absolute Gasteiger partial charge is 0.137 e. The lowest BCUT2D eigenvalue weighted by Gasteiger charge is -2.30. The Morgan fingerprint density at radius 3 is 1.81 bits per heavy atom. The summed E-state index contributed by atoms with van der Waals surface area (Å²) in [7, 11) is 0. The predicted molar refractivity (Wildman–Crippen MR) is 286 cm³/mol. The molecule has 0 N–H and O–H groups in total. The third-order valence-electron chi connectivity index (χ3n) is 13.4. The van der Waals surface area contributed by atoms with Crippen LogP contribution in [0.2, 0.25) is 0 Å². The number of hydrogen-bond donors (Lipinski definition) is 0. The van der Waals surface area contributed by atoms with Gasteiger partial charge >= 0.3 is 0 Å². The Bertz CT molecular complexity index is 3910. The average molecular weight is 905 g/mol. The van der Waals surface area contributed by atoms with Gasteiger partial charge in [0.2, 0.25) is 0 Å². The van der Waals surface area contributed by atoms with Gasteiger partial charge < -0.3 is 19.3 Å². The van der Waals surface area contributed by atoms with E-state index in [1.54, 1.807) is 16.8 Å². The highest BCUT2D eigenvalue weighted by atomic mass is 16.5. The molecular formula is C63H54N4O2. The predicted octanol–water partition coefficient (Wildman–Crippen LogP) is 17.2. The Labute approximate surface area is 413 Å². The fourth-order valence-electron chi connectivity index (χ4n) is 9.70. The van der Waals surface area contributed by atoms with Crippen molar-refractivity contribution in [2.45, 2.75) is 59.2 Å². The van der Waals surface area contributed by atoms with E-state index in [2.05, 4.69) is 116 Å². The lowest BCUT2D eigenvalue weighted by Crippen LogP contribution is -2.25. The summed E-state index contributed by atoms with van der Waals surface area (Å²) < 4.78 is 69.9. The van der Waals surface area contributed by atoms with Crippen LogP contribution in [0.1, 0.15) is 66.5 Å². The first-order valence-electron chi connectivity index (χ1n) is 26.5. The van der Waals surface area contributed by atoms with E-state index in [0.29, 0.717) is 62.6 Å². The minimum Gasteiger partial charge on any atom is -0.457 e. The van der Waals surface area contributed by atoms with Gasteiger partial charge in [-0.3, -0.25) is 4.57 Å². The molecule has 0 unspecified atom stereocenters. The second-order valence-corrected chi connectivity index (χ2v) is 20.1. The molecule has 10 aromatic rings. The van der Waals surface area contributed by atoms with Crippen LogP contribution in [0, 0.1) is 6.85 Å². The number of fused-ring (bicyclic) bond motifs is 6.